The fourth-order valence-electron chi connectivity index (χ4n) is 3.59. The Hall–Kier alpha value is -3.73. The summed E-state index contributed by atoms with van der Waals surface area (Å²) in [5, 5.41) is 5.51. The topological polar surface area (TPSA) is 114 Å². The zero-order valence-electron chi connectivity index (χ0n) is 19.1. The molecule has 1 heterocycles. The number of benzene rings is 3. The lowest BCUT2D eigenvalue weighted by Crippen LogP contribution is -2.40. The first-order chi connectivity index (χ1) is 16.9. The highest BCUT2D eigenvalue weighted by atomic mass is 32.2. The quantitative estimate of drug-likeness (QED) is 0.520. The number of nitrogens with one attached hydrogen (secondary N) is 2. The number of carbonyl (C=O) groups excluding carboxylic acids is 2. The van der Waals surface area contributed by atoms with Crippen molar-refractivity contribution in [2.24, 2.45) is 0 Å². The standard InChI is InChI=1S/C25H25N3O6S/c1-33-20-11-9-19(10-12-20)26-25(30)22-7-2-3-8-23(22)27-24(29)18-5-4-6-21(17-18)35(31,32)28-13-15-34-16-14-28/h2-12,17H,13-16H2,1H3,(H,26,30)(H,27,29). The van der Waals surface area contributed by atoms with Crippen LogP contribution >= 0.6 is 0 Å². The Morgan fingerprint density at radius 1 is 0.886 bits per heavy atom. The van der Waals surface area contributed by atoms with Crippen LogP contribution in [0.2, 0.25) is 0 Å². The molecule has 1 saturated heterocycles. The summed E-state index contributed by atoms with van der Waals surface area (Å²) in [6, 6.07) is 19.3. The van der Waals surface area contributed by atoms with E-state index in [1.807, 2.05) is 0 Å². The Kier molecular flexibility index (Phi) is 7.45. The van der Waals surface area contributed by atoms with Gasteiger partial charge in [-0.15, -0.1) is 0 Å². The second-order valence-electron chi connectivity index (χ2n) is 7.73. The van der Waals surface area contributed by atoms with Crippen LogP contribution < -0.4 is 15.4 Å². The van der Waals surface area contributed by atoms with Gasteiger partial charge in [0.25, 0.3) is 11.8 Å². The van der Waals surface area contributed by atoms with Gasteiger partial charge in [0.15, 0.2) is 0 Å². The Morgan fingerprint density at radius 3 is 2.31 bits per heavy atom. The van der Waals surface area contributed by atoms with Crippen molar-refractivity contribution in [3.8, 4) is 5.75 Å². The first-order valence-electron chi connectivity index (χ1n) is 10.9. The average Bonchev–Trinajstić information content (AvgIpc) is 2.90. The first kappa shape index (κ1) is 24.4. The van der Waals surface area contributed by atoms with Gasteiger partial charge in [0.2, 0.25) is 10.0 Å². The molecule has 182 valence electrons. The van der Waals surface area contributed by atoms with Gasteiger partial charge >= 0.3 is 0 Å². The van der Waals surface area contributed by atoms with Crippen LogP contribution in [0, 0.1) is 0 Å². The summed E-state index contributed by atoms with van der Waals surface area (Å²) in [7, 11) is -2.20. The van der Waals surface area contributed by atoms with Crippen molar-refractivity contribution in [1.82, 2.24) is 4.31 Å². The van der Waals surface area contributed by atoms with E-state index in [1.165, 1.54) is 28.6 Å². The molecule has 9 nitrogen and oxygen atoms in total. The molecule has 0 aliphatic carbocycles. The Bertz CT molecular complexity index is 1320. The molecular formula is C25H25N3O6S. The second-order valence-corrected chi connectivity index (χ2v) is 9.66. The van der Waals surface area contributed by atoms with Crippen LogP contribution in [0.3, 0.4) is 0 Å². The molecule has 0 saturated carbocycles. The van der Waals surface area contributed by atoms with Gasteiger partial charge < -0.3 is 20.1 Å². The molecule has 0 spiro atoms. The smallest absolute Gasteiger partial charge is 0.257 e. The van der Waals surface area contributed by atoms with Crippen molar-refractivity contribution in [2.45, 2.75) is 4.90 Å². The van der Waals surface area contributed by atoms with E-state index in [9.17, 15) is 18.0 Å². The highest BCUT2D eigenvalue weighted by molar-refractivity contribution is 7.89. The zero-order valence-corrected chi connectivity index (χ0v) is 19.9. The van der Waals surface area contributed by atoms with Crippen LogP contribution in [0.25, 0.3) is 0 Å². The third kappa shape index (κ3) is 5.68. The molecule has 0 bridgehead atoms. The van der Waals surface area contributed by atoms with E-state index in [4.69, 9.17) is 9.47 Å². The van der Waals surface area contributed by atoms with Crippen LogP contribution in [-0.4, -0.2) is 58.0 Å². The predicted molar refractivity (Wildman–Crippen MR) is 131 cm³/mol. The number of sulfonamides is 1. The molecule has 1 fully saturated rings. The number of nitrogens with zero attached hydrogens (tertiary/aromatic N) is 1. The minimum atomic E-state index is -3.75. The van der Waals surface area contributed by atoms with Crippen LogP contribution in [0.5, 0.6) is 5.75 Å². The molecule has 3 aromatic rings. The van der Waals surface area contributed by atoms with E-state index in [0.29, 0.717) is 30.3 Å². The van der Waals surface area contributed by atoms with Gasteiger partial charge in [-0.2, -0.15) is 4.31 Å². The minimum Gasteiger partial charge on any atom is -0.497 e. The van der Waals surface area contributed by atoms with E-state index < -0.39 is 21.8 Å². The molecule has 10 heteroatoms. The maximum atomic E-state index is 13.0. The number of hydrogen-bond donors (Lipinski definition) is 2. The number of para-hydroxylation sites is 1. The van der Waals surface area contributed by atoms with E-state index in [-0.39, 0.29) is 29.1 Å². The molecule has 0 aromatic heterocycles. The number of methoxy groups -OCH3 is 1. The van der Waals surface area contributed by atoms with Gasteiger partial charge in [0, 0.05) is 24.3 Å². The number of carbonyl (C=O) groups is 2. The SMILES string of the molecule is COc1ccc(NC(=O)c2ccccc2NC(=O)c2cccc(S(=O)(=O)N3CCOCC3)c2)cc1. The fourth-order valence-corrected chi connectivity index (χ4v) is 5.05. The van der Waals surface area contributed by atoms with Crippen LogP contribution in [0.1, 0.15) is 20.7 Å². The number of amides is 2. The van der Waals surface area contributed by atoms with Gasteiger partial charge in [-0.25, -0.2) is 8.42 Å². The second kappa shape index (κ2) is 10.7. The largest absolute Gasteiger partial charge is 0.497 e. The molecule has 0 radical (unpaired) electrons. The molecule has 2 N–H and O–H groups in total. The van der Waals surface area contributed by atoms with Crippen molar-refractivity contribution >= 4 is 33.2 Å². The fraction of sp³-hybridized carbons (Fsp3) is 0.200. The number of morpholine rings is 1. The molecule has 35 heavy (non-hydrogen) atoms. The zero-order chi connectivity index (χ0) is 24.8. The lowest BCUT2D eigenvalue weighted by atomic mass is 10.1. The van der Waals surface area contributed by atoms with Gasteiger partial charge in [0.05, 0.1) is 36.5 Å². The summed E-state index contributed by atoms with van der Waals surface area (Å²) in [6.07, 6.45) is 0. The van der Waals surface area contributed by atoms with Crippen LogP contribution in [0.15, 0.2) is 77.7 Å². The molecule has 0 unspecified atom stereocenters. The van der Waals surface area contributed by atoms with Crippen molar-refractivity contribution in [3.05, 3.63) is 83.9 Å². The van der Waals surface area contributed by atoms with Crippen molar-refractivity contribution < 1.29 is 27.5 Å². The average molecular weight is 496 g/mol. The summed E-state index contributed by atoms with van der Waals surface area (Å²) in [4.78, 5) is 25.9. The molecule has 1 aliphatic heterocycles. The molecule has 2 amide bonds. The number of anilines is 2. The van der Waals surface area contributed by atoms with Crippen molar-refractivity contribution in [3.63, 3.8) is 0 Å². The van der Waals surface area contributed by atoms with Gasteiger partial charge in [-0.1, -0.05) is 18.2 Å². The van der Waals surface area contributed by atoms with E-state index in [2.05, 4.69) is 10.6 Å². The highest BCUT2D eigenvalue weighted by Gasteiger charge is 2.27. The molecule has 1 aliphatic rings. The van der Waals surface area contributed by atoms with E-state index >= 15 is 0 Å². The van der Waals surface area contributed by atoms with Crippen molar-refractivity contribution in [2.75, 3.05) is 44.0 Å². The predicted octanol–water partition coefficient (Wildman–Crippen LogP) is 3.22. The summed E-state index contributed by atoms with van der Waals surface area (Å²) < 4.78 is 37.6. The maximum absolute atomic E-state index is 13.0. The van der Waals surface area contributed by atoms with Crippen LogP contribution in [-0.2, 0) is 14.8 Å². The summed E-state index contributed by atoms with van der Waals surface area (Å²) in [5.41, 5.74) is 1.28. The number of ether oxygens (including phenoxy) is 2. The summed E-state index contributed by atoms with van der Waals surface area (Å²) in [5.74, 6) is -0.281. The lowest BCUT2D eigenvalue weighted by molar-refractivity contribution is 0.0730. The monoisotopic (exact) mass is 495 g/mol. The normalized spacial score (nSPS) is 14.2. The molecular weight excluding hydrogens is 470 g/mol. The third-order valence-corrected chi connectivity index (χ3v) is 7.37. The number of hydrogen-bond acceptors (Lipinski definition) is 6. The first-order valence-corrected chi connectivity index (χ1v) is 12.4. The maximum Gasteiger partial charge on any atom is 0.257 e. The number of rotatable bonds is 7. The summed E-state index contributed by atoms with van der Waals surface area (Å²) >= 11 is 0. The van der Waals surface area contributed by atoms with Crippen molar-refractivity contribution in [1.29, 1.82) is 0 Å². The Balaban J connectivity index is 1.51. The molecule has 0 atom stereocenters. The van der Waals surface area contributed by atoms with Gasteiger partial charge in [-0.3, -0.25) is 9.59 Å². The van der Waals surface area contributed by atoms with E-state index in [0.717, 1.165) is 0 Å². The molecule has 3 aromatic carbocycles. The van der Waals surface area contributed by atoms with Crippen LogP contribution in [0.4, 0.5) is 11.4 Å². The van der Waals surface area contributed by atoms with E-state index in [1.54, 1.807) is 55.6 Å². The Morgan fingerprint density at radius 2 is 1.60 bits per heavy atom. The highest BCUT2D eigenvalue weighted by Crippen LogP contribution is 2.22. The van der Waals surface area contributed by atoms with Gasteiger partial charge in [0.1, 0.15) is 5.75 Å². The summed E-state index contributed by atoms with van der Waals surface area (Å²) in [6.45, 7) is 1.18. The minimum absolute atomic E-state index is 0.0255. The Labute approximate surface area is 203 Å². The van der Waals surface area contributed by atoms with Gasteiger partial charge in [-0.05, 0) is 54.6 Å². The third-order valence-electron chi connectivity index (χ3n) is 5.47. The lowest BCUT2D eigenvalue weighted by Gasteiger charge is -2.26. The molecule has 4 rings (SSSR count).